The lowest BCUT2D eigenvalue weighted by Gasteiger charge is -2.16. The van der Waals surface area contributed by atoms with Crippen LogP contribution in [0.15, 0.2) is 42.5 Å². The number of aromatic nitrogens is 2. The first-order valence-corrected chi connectivity index (χ1v) is 9.85. The number of methoxy groups -OCH3 is 1. The Balaban J connectivity index is 1.73. The monoisotopic (exact) mass is 444 g/mol. The van der Waals surface area contributed by atoms with Gasteiger partial charge in [0.15, 0.2) is 0 Å². The van der Waals surface area contributed by atoms with Crippen LogP contribution >= 0.6 is 11.6 Å². The number of carbonyl (C=O) groups excluding carboxylic acids is 2. The average Bonchev–Trinajstić information content (AvgIpc) is 3.07. The van der Waals surface area contributed by atoms with Crippen molar-refractivity contribution in [3.63, 3.8) is 0 Å². The zero-order valence-corrected chi connectivity index (χ0v) is 18.2. The van der Waals surface area contributed by atoms with Crippen LogP contribution in [0.3, 0.4) is 0 Å². The Labute approximate surface area is 184 Å². The molecule has 9 heteroatoms. The highest BCUT2D eigenvalue weighted by molar-refractivity contribution is 6.34. The maximum absolute atomic E-state index is 13.5. The quantitative estimate of drug-likeness (QED) is 0.574. The van der Waals surface area contributed by atoms with Crippen molar-refractivity contribution in [1.29, 1.82) is 0 Å². The lowest BCUT2D eigenvalue weighted by Crippen LogP contribution is -2.25. The van der Waals surface area contributed by atoms with Gasteiger partial charge in [-0.3, -0.25) is 14.3 Å². The predicted molar refractivity (Wildman–Crippen MR) is 117 cm³/mol. The third-order valence-electron chi connectivity index (χ3n) is 4.68. The summed E-state index contributed by atoms with van der Waals surface area (Å²) in [6.07, 6.45) is 0. The summed E-state index contributed by atoms with van der Waals surface area (Å²) in [5.74, 6) is -1.15. The largest absolute Gasteiger partial charge is 0.496 e. The number of anilines is 2. The fraction of sp³-hybridized carbons (Fsp3) is 0.227. The standard InChI is InChI=1S/C22H22ClFN4O3/c1-12-9-13(2)28(27-12)14(3)21(29)26-19-7-6-16(11-18(19)23)25-22(30)17-10-15(24)5-8-20(17)31-4/h5-11,14H,1-4H3,(H,25,30)(H,26,29). The molecule has 0 aliphatic heterocycles. The maximum atomic E-state index is 13.5. The molecule has 0 radical (unpaired) electrons. The van der Waals surface area contributed by atoms with E-state index in [4.69, 9.17) is 16.3 Å². The number of amides is 2. The Morgan fingerprint density at radius 3 is 2.48 bits per heavy atom. The normalized spacial score (nSPS) is 11.7. The van der Waals surface area contributed by atoms with Gasteiger partial charge in [0.25, 0.3) is 5.91 Å². The van der Waals surface area contributed by atoms with Crippen molar-refractivity contribution >= 4 is 34.8 Å². The van der Waals surface area contributed by atoms with Crippen LogP contribution in [0.2, 0.25) is 5.02 Å². The van der Waals surface area contributed by atoms with Gasteiger partial charge in [-0.1, -0.05) is 11.6 Å². The molecule has 2 amide bonds. The third kappa shape index (κ3) is 5.03. The Morgan fingerprint density at radius 2 is 1.87 bits per heavy atom. The molecule has 0 saturated heterocycles. The van der Waals surface area contributed by atoms with E-state index in [9.17, 15) is 14.0 Å². The topological polar surface area (TPSA) is 85.3 Å². The molecule has 1 atom stereocenters. The number of nitrogens with one attached hydrogen (secondary N) is 2. The Hall–Kier alpha value is -3.39. The van der Waals surface area contributed by atoms with E-state index in [2.05, 4.69) is 15.7 Å². The lowest BCUT2D eigenvalue weighted by atomic mass is 10.1. The molecule has 0 saturated carbocycles. The van der Waals surface area contributed by atoms with Crippen LogP contribution in [-0.2, 0) is 4.79 Å². The summed E-state index contributed by atoms with van der Waals surface area (Å²) in [5, 5.41) is 9.98. The average molecular weight is 445 g/mol. The number of hydrogen-bond donors (Lipinski definition) is 2. The van der Waals surface area contributed by atoms with Crippen LogP contribution in [0.5, 0.6) is 5.75 Å². The summed E-state index contributed by atoms with van der Waals surface area (Å²) >= 11 is 6.30. The molecule has 3 aromatic rings. The highest BCUT2D eigenvalue weighted by atomic mass is 35.5. The molecule has 7 nitrogen and oxygen atoms in total. The van der Waals surface area contributed by atoms with Crippen molar-refractivity contribution in [3.8, 4) is 5.75 Å². The van der Waals surface area contributed by atoms with Crippen LogP contribution in [0.1, 0.15) is 34.7 Å². The van der Waals surface area contributed by atoms with Gasteiger partial charge in [0.05, 0.1) is 29.1 Å². The van der Waals surface area contributed by atoms with E-state index in [0.717, 1.165) is 17.5 Å². The minimum absolute atomic E-state index is 0.0507. The van der Waals surface area contributed by atoms with Gasteiger partial charge in [0, 0.05) is 11.4 Å². The first-order chi connectivity index (χ1) is 14.7. The second-order valence-electron chi connectivity index (χ2n) is 7.03. The van der Waals surface area contributed by atoms with Gasteiger partial charge in [-0.05, 0) is 63.2 Å². The summed E-state index contributed by atoms with van der Waals surface area (Å²) < 4.78 is 20.3. The van der Waals surface area contributed by atoms with Gasteiger partial charge in [-0.15, -0.1) is 0 Å². The number of rotatable bonds is 6. The third-order valence-corrected chi connectivity index (χ3v) is 4.99. The minimum Gasteiger partial charge on any atom is -0.496 e. The first-order valence-electron chi connectivity index (χ1n) is 9.47. The van der Waals surface area contributed by atoms with Crippen LogP contribution in [0.4, 0.5) is 15.8 Å². The first kappa shape index (κ1) is 22.3. The molecule has 31 heavy (non-hydrogen) atoms. The number of ether oxygens (including phenoxy) is 1. The van der Waals surface area contributed by atoms with Crippen molar-refractivity contribution < 1.29 is 18.7 Å². The molecule has 1 unspecified atom stereocenters. The zero-order valence-electron chi connectivity index (χ0n) is 17.5. The molecule has 1 aromatic heterocycles. The molecule has 2 aromatic carbocycles. The number of benzene rings is 2. The highest BCUT2D eigenvalue weighted by Gasteiger charge is 2.19. The van der Waals surface area contributed by atoms with E-state index in [0.29, 0.717) is 11.4 Å². The maximum Gasteiger partial charge on any atom is 0.259 e. The fourth-order valence-electron chi connectivity index (χ4n) is 3.14. The molecule has 0 fully saturated rings. The molecule has 3 rings (SSSR count). The number of carbonyl (C=O) groups is 2. The number of halogens is 2. The van der Waals surface area contributed by atoms with Crippen LogP contribution in [0, 0.1) is 19.7 Å². The summed E-state index contributed by atoms with van der Waals surface area (Å²) in [4.78, 5) is 25.1. The van der Waals surface area contributed by atoms with Gasteiger partial charge in [-0.25, -0.2) is 4.39 Å². The molecule has 1 heterocycles. The Morgan fingerprint density at radius 1 is 1.13 bits per heavy atom. The summed E-state index contributed by atoms with van der Waals surface area (Å²) in [6, 6.07) is 9.67. The second-order valence-corrected chi connectivity index (χ2v) is 7.44. The molecule has 2 N–H and O–H groups in total. The van der Waals surface area contributed by atoms with Crippen molar-refractivity contribution in [1.82, 2.24) is 9.78 Å². The van der Waals surface area contributed by atoms with Crippen LogP contribution < -0.4 is 15.4 Å². The van der Waals surface area contributed by atoms with E-state index in [-0.39, 0.29) is 22.2 Å². The van der Waals surface area contributed by atoms with Crippen LogP contribution in [-0.4, -0.2) is 28.7 Å². The van der Waals surface area contributed by atoms with E-state index >= 15 is 0 Å². The van der Waals surface area contributed by atoms with E-state index in [1.54, 1.807) is 23.7 Å². The summed E-state index contributed by atoms with van der Waals surface area (Å²) in [5.41, 5.74) is 2.52. The van der Waals surface area contributed by atoms with Crippen molar-refractivity contribution in [2.24, 2.45) is 0 Å². The van der Waals surface area contributed by atoms with Gasteiger partial charge >= 0.3 is 0 Å². The fourth-order valence-corrected chi connectivity index (χ4v) is 3.36. The van der Waals surface area contributed by atoms with Crippen molar-refractivity contribution in [2.45, 2.75) is 26.8 Å². The number of aryl methyl sites for hydroxylation is 2. The lowest BCUT2D eigenvalue weighted by molar-refractivity contribution is -0.119. The van der Waals surface area contributed by atoms with E-state index in [1.807, 2.05) is 19.9 Å². The number of nitrogens with zero attached hydrogens (tertiary/aromatic N) is 2. The molecule has 0 bridgehead atoms. The SMILES string of the molecule is COc1ccc(F)cc1C(=O)Nc1ccc(NC(=O)C(C)n2nc(C)cc2C)c(Cl)c1. The zero-order chi connectivity index (χ0) is 22.7. The smallest absolute Gasteiger partial charge is 0.259 e. The molecule has 0 spiro atoms. The number of hydrogen-bond acceptors (Lipinski definition) is 4. The van der Waals surface area contributed by atoms with Crippen LogP contribution in [0.25, 0.3) is 0 Å². The van der Waals surface area contributed by atoms with Gasteiger partial charge in [-0.2, -0.15) is 5.10 Å². The molecule has 0 aliphatic carbocycles. The van der Waals surface area contributed by atoms with Gasteiger partial charge < -0.3 is 15.4 Å². The van der Waals surface area contributed by atoms with E-state index < -0.39 is 17.8 Å². The Kier molecular flexibility index (Phi) is 6.60. The summed E-state index contributed by atoms with van der Waals surface area (Å²) in [6.45, 7) is 5.48. The molecular formula is C22H22ClFN4O3. The van der Waals surface area contributed by atoms with Crippen molar-refractivity contribution in [2.75, 3.05) is 17.7 Å². The Bertz CT molecular complexity index is 1150. The molecule has 162 valence electrons. The molecule has 0 aliphatic rings. The van der Waals surface area contributed by atoms with Gasteiger partial charge in [0.2, 0.25) is 5.91 Å². The predicted octanol–water partition coefficient (Wildman–Crippen LogP) is 4.75. The molecular weight excluding hydrogens is 423 g/mol. The second kappa shape index (κ2) is 9.18. The van der Waals surface area contributed by atoms with Gasteiger partial charge in [0.1, 0.15) is 17.6 Å². The minimum atomic E-state index is -0.557. The van der Waals surface area contributed by atoms with E-state index in [1.165, 1.54) is 25.3 Å². The highest BCUT2D eigenvalue weighted by Crippen LogP contribution is 2.28. The van der Waals surface area contributed by atoms with Crippen molar-refractivity contribution in [3.05, 3.63) is 70.3 Å². The summed E-state index contributed by atoms with van der Waals surface area (Å²) in [7, 11) is 1.39.